The van der Waals surface area contributed by atoms with Crippen LogP contribution in [0.4, 0.5) is 0 Å². The molecule has 0 aromatic heterocycles. The molecule has 1 amide bonds. The summed E-state index contributed by atoms with van der Waals surface area (Å²) in [6.45, 7) is 12.6. The van der Waals surface area contributed by atoms with Crippen LogP contribution in [-0.2, 0) is 9.59 Å². The number of unbranched alkanes of at least 4 members (excludes halogenated alkanes) is 3. The molecule has 1 N–H and O–H groups in total. The van der Waals surface area contributed by atoms with Crippen LogP contribution in [0.15, 0.2) is 48.0 Å². The number of benzene rings is 2. The molecule has 3 rings (SSSR count). The summed E-state index contributed by atoms with van der Waals surface area (Å²) in [6, 6.07) is 11.7. The SMILES string of the molecule is CCCCCOc1ccc(C2/C(=C(/O)c3ccc(OCCCC)cc3)C(=O)C(=O)N2CCCN(CC)CC)cc1OC. The smallest absolute Gasteiger partial charge is 0.295 e. The normalized spacial score (nSPS) is 16.3. The number of rotatable bonds is 18. The molecule has 42 heavy (non-hydrogen) atoms. The minimum atomic E-state index is -0.759. The van der Waals surface area contributed by atoms with E-state index >= 15 is 0 Å². The van der Waals surface area contributed by atoms with Crippen LogP contribution in [0, 0.1) is 0 Å². The maximum absolute atomic E-state index is 13.5. The van der Waals surface area contributed by atoms with Gasteiger partial charge in [0.25, 0.3) is 11.7 Å². The number of hydrogen-bond acceptors (Lipinski definition) is 7. The molecule has 1 saturated heterocycles. The average molecular weight is 581 g/mol. The van der Waals surface area contributed by atoms with E-state index in [4.69, 9.17) is 14.2 Å². The standard InChI is InChI=1S/C34H48N2O6/c1-6-10-12-23-42-28-19-16-26(24-29(28)40-5)31-30(32(37)25-14-17-27(18-15-25)41-22-11-7-2)33(38)34(39)36(31)21-13-20-35(8-3)9-4/h14-19,24,31,37H,6-13,20-23H2,1-5H3/b32-30-. The van der Waals surface area contributed by atoms with Crippen LogP contribution in [-0.4, -0.2) is 73.1 Å². The summed E-state index contributed by atoms with van der Waals surface area (Å²) in [6.07, 6.45) is 5.80. The van der Waals surface area contributed by atoms with Gasteiger partial charge < -0.3 is 29.1 Å². The first-order valence-electron chi connectivity index (χ1n) is 15.4. The van der Waals surface area contributed by atoms with E-state index in [2.05, 4.69) is 32.6 Å². The third-order valence-electron chi connectivity index (χ3n) is 7.71. The second-order valence-electron chi connectivity index (χ2n) is 10.6. The summed E-state index contributed by atoms with van der Waals surface area (Å²) in [5, 5.41) is 11.5. The lowest BCUT2D eigenvalue weighted by Crippen LogP contribution is -2.33. The van der Waals surface area contributed by atoms with Gasteiger partial charge in [0.2, 0.25) is 0 Å². The molecule has 0 saturated carbocycles. The van der Waals surface area contributed by atoms with Gasteiger partial charge in [-0.3, -0.25) is 9.59 Å². The number of hydrogen-bond donors (Lipinski definition) is 1. The van der Waals surface area contributed by atoms with E-state index in [1.807, 2.05) is 12.1 Å². The monoisotopic (exact) mass is 580 g/mol. The predicted molar refractivity (Wildman–Crippen MR) is 166 cm³/mol. The Morgan fingerprint density at radius 2 is 1.55 bits per heavy atom. The van der Waals surface area contributed by atoms with Crippen molar-refractivity contribution in [1.82, 2.24) is 9.80 Å². The molecule has 2 aromatic rings. The van der Waals surface area contributed by atoms with Crippen molar-refractivity contribution in [2.75, 3.05) is 46.5 Å². The molecule has 1 aliphatic rings. The Morgan fingerprint density at radius 1 is 0.857 bits per heavy atom. The van der Waals surface area contributed by atoms with Crippen LogP contribution in [0.3, 0.4) is 0 Å². The lowest BCUT2D eigenvalue weighted by Gasteiger charge is -2.27. The molecule has 1 fully saturated rings. The highest BCUT2D eigenvalue weighted by Gasteiger charge is 2.46. The summed E-state index contributed by atoms with van der Waals surface area (Å²) >= 11 is 0. The van der Waals surface area contributed by atoms with Crippen molar-refractivity contribution < 1.29 is 28.9 Å². The average Bonchev–Trinajstić information content (AvgIpc) is 3.26. The third-order valence-corrected chi connectivity index (χ3v) is 7.71. The van der Waals surface area contributed by atoms with Gasteiger partial charge in [-0.2, -0.15) is 0 Å². The molecule has 0 aliphatic carbocycles. The van der Waals surface area contributed by atoms with E-state index < -0.39 is 17.7 Å². The van der Waals surface area contributed by atoms with Crippen molar-refractivity contribution in [2.45, 2.75) is 72.3 Å². The van der Waals surface area contributed by atoms with Crippen molar-refractivity contribution in [3.63, 3.8) is 0 Å². The summed E-state index contributed by atoms with van der Waals surface area (Å²) in [4.78, 5) is 30.8. The molecule has 2 aromatic carbocycles. The number of aliphatic hydroxyl groups excluding tert-OH is 1. The van der Waals surface area contributed by atoms with E-state index in [0.29, 0.717) is 54.6 Å². The Hall–Kier alpha value is -3.52. The number of ether oxygens (including phenoxy) is 3. The van der Waals surface area contributed by atoms with Crippen molar-refractivity contribution in [3.8, 4) is 17.2 Å². The van der Waals surface area contributed by atoms with Crippen LogP contribution in [0.2, 0.25) is 0 Å². The Morgan fingerprint density at radius 3 is 2.19 bits per heavy atom. The molecule has 1 heterocycles. The van der Waals surface area contributed by atoms with Gasteiger partial charge in [0, 0.05) is 12.1 Å². The first kappa shape index (κ1) is 33.0. The molecule has 0 radical (unpaired) electrons. The molecule has 230 valence electrons. The number of carbonyl (C=O) groups excluding carboxylic acids is 2. The van der Waals surface area contributed by atoms with Crippen molar-refractivity contribution >= 4 is 17.4 Å². The molecule has 0 spiro atoms. The van der Waals surface area contributed by atoms with E-state index in [1.54, 1.807) is 42.3 Å². The molecule has 1 atom stereocenters. The molecule has 1 aliphatic heterocycles. The number of methoxy groups -OCH3 is 1. The van der Waals surface area contributed by atoms with Gasteiger partial charge in [-0.1, -0.05) is 53.0 Å². The summed E-state index contributed by atoms with van der Waals surface area (Å²) < 4.78 is 17.4. The lowest BCUT2D eigenvalue weighted by atomic mass is 9.95. The number of likely N-dealkylation sites (tertiary alicyclic amines) is 1. The highest BCUT2D eigenvalue weighted by molar-refractivity contribution is 6.46. The Balaban J connectivity index is 1.99. The molecule has 8 nitrogen and oxygen atoms in total. The second-order valence-corrected chi connectivity index (χ2v) is 10.6. The molecular weight excluding hydrogens is 532 g/mol. The Kier molecular flexibility index (Phi) is 13.2. The third kappa shape index (κ3) is 8.28. The molecule has 1 unspecified atom stereocenters. The van der Waals surface area contributed by atoms with Crippen LogP contribution in [0.1, 0.15) is 83.4 Å². The number of ketones is 1. The fourth-order valence-corrected chi connectivity index (χ4v) is 5.17. The maximum Gasteiger partial charge on any atom is 0.295 e. The summed E-state index contributed by atoms with van der Waals surface area (Å²) in [5.74, 6) is 0.305. The van der Waals surface area contributed by atoms with Gasteiger partial charge in [-0.25, -0.2) is 0 Å². The Bertz CT molecular complexity index is 1190. The van der Waals surface area contributed by atoms with E-state index in [-0.39, 0.29) is 11.3 Å². The van der Waals surface area contributed by atoms with Crippen LogP contribution >= 0.6 is 0 Å². The first-order chi connectivity index (χ1) is 20.4. The maximum atomic E-state index is 13.5. The van der Waals surface area contributed by atoms with Crippen molar-refractivity contribution in [3.05, 3.63) is 59.2 Å². The second kappa shape index (κ2) is 16.8. The van der Waals surface area contributed by atoms with Gasteiger partial charge in [0.05, 0.1) is 31.9 Å². The van der Waals surface area contributed by atoms with E-state index in [0.717, 1.165) is 51.7 Å². The number of aliphatic hydroxyl groups is 1. The number of Topliss-reactive ketones (excluding diaryl/α,β-unsaturated/α-hetero) is 1. The number of carbonyl (C=O) groups is 2. The largest absolute Gasteiger partial charge is 0.507 e. The summed E-state index contributed by atoms with van der Waals surface area (Å²) in [7, 11) is 1.57. The highest BCUT2D eigenvalue weighted by atomic mass is 16.5. The number of amides is 1. The summed E-state index contributed by atoms with van der Waals surface area (Å²) in [5.41, 5.74) is 1.20. The van der Waals surface area contributed by atoms with Gasteiger partial charge in [0.1, 0.15) is 11.5 Å². The quantitative estimate of drug-likeness (QED) is 0.0920. The fraction of sp³-hybridized carbons (Fsp3) is 0.529. The van der Waals surface area contributed by atoms with Crippen LogP contribution < -0.4 is 14.2 Å². The zero-order valence-electron chi connectivity index (χ0n) is 26.0. The van der Waals surface area contributed by atoms with Crippen molar-refractivity contribution in [1.29, 1.82) is 0 Å². The minimum absolute atomic E-state index is 0.0705. The van der Waals surface area contributed by atoms with Gasteiger partial charge in [-0.05, 0) is 80.9 Å². The zero-order chi connectivity index (χ0) is 30.5. The Labute approximate surface area is 251 Å². The predicted octanol–water partition coefficient (Wildman–Crippen LogP) is 6.60. The van der Waals surface area contributed by atoms with Crippen molar-refractivity contribution in [2.24, 2.45) is 0 Å². The van der Waals surface area contributed by atoms with E-state index in [9.17, 15) is 14.7 Å². The fourth-order valence-electron chi connectivity index (χ4n) is 5.17. The van der Waals surface area contributed by atoms with Crippen LogP contribution in [0.25, 0.3) is 5.76 Å². The van der Waals surface area contributed by atoms with E-state index in [1.165, 1.54) is 0 Å². The van der Waals surface area contributed by atoms with Gasteiger partial charge >= 0.3 is 0 Å². The molecule has 0 bridgehead atoms. The highest BCUT2D eigenvalue weighted by Crippen LogP contribution is 2.42. The molecular formula is C34H48N2O6. The minimum Gasteiger partial charge on any atom is -0.507 e. The molecule has 8 heteroatoms. The van der Waals surface area contributed by atoms with Gasteiger partial charge in [0.15, 0.2) is 11.5 Å². The first-order valence-corrected chi connectivity index (χ1v) is 15.4. The van der Waals surface area contributed by atoms with Gasteiger partial charge in [-0.15, -0.1) is 0 Å². The topological polar surface area (TPSA) is 88.5 Å². The number of nitrogens with zero attached hydrogens (tertiary/aromatic N) is 2. The lowest BCUT2D eigenvalue weighted by molar-refractivity contribution is -0.140. The van der Waals surface area contributed by atoms with Crippen LogP contribution in [0.5, 0.6) is 17.2 Å². The zero-order valence-corrected chi connectivity index (χ0v) is 26.0.